The molecule has 40 heavy (non-hydrogen) atoms. The molecule has 3 amide bonds. The summed E-state index contributed by atoms with van der Waals surface area (Å²) in [6.45, 7) is 1.81. The van der Waals surface area contributed by atoms with E-state index in [1.807, 2.05) is 31.2 Å². The van der Waals surface area contributed by atoms with Crippen LogP contribution in [0, 0.1) is 5.82 Å². The van der Waals surface area contributed by atoms with E-state index in [-0.39, 0.29) is 16.9 Å². The van der Waals surface area contributed by atoms with Gasteiger partial charge in [-0.1, -0.05) is 42.5 Å². The van der Waals surface area contributed by atoms with Gasteiger partial charge in [0.15, 0.2) is 0 Å². The molecule has 1 atom stereocenters. The van der Waals surface area contributed by atoms with E-state index >= 15 is 0 Å². The van der Waals surface area contributed by atoms with E-state index in [0.717, 1.165) is 9.37 Å². The molecule has 202 valence electrons. The summed E-state index contributed by atoms with van der Waals surface area (Å²) in [6, 6.07) is 28.5. The predicted molar refractivity (Wildman–Crippen MR) is 161 cm³/mol. The lowest BCUT2D eigenvalue weighted by Crippen LogP contribution is -2.30. The average molecular weight is 619 g/mol. The summed E-state index contributed by atoms with van der Waals surface area (Å²) >= 11 is 4.81. The second-order valence-electron chi connectivity index (χ2n) is 8.64. The number of benzene rings is 4. The minimum absolute atomic E-state index is 0.00345. The van der Waals surface area contributed by atoms with E-state index in [9.17, 15) is 18.8 Å². The van der Waals surface area contributed by atoms with Gasteiger partial charge in [0.25, 0.3) is 11.8 Å². The summed E-state index contributed by atoms with van der Waals surface area (Å²) in [6.07, 6.45) is 1.48. The quantitative estimate of drug-likeness (QED) is 0.138. The van der Waals surface area contributed by atoms with Crippen LogP contribution in [-0.2, 0) is 9.59 Å². The SMILES string of the molecule is CC(Sc1ccc(NC(=O)/C(=C/c2ccc(F)cc2)NC(=O)c2ccccc2)cc1)C(=O)Nc1ccccc1Br. The first-order chi connectivity index (χ1) is 19.3. The van der Waals surface area contributed by atoms with E-state index in [0.29, 0.717) is 22.5 Å². The molecular weight excluding hydrogens is 593 g/mol. The van der Waals surface area contributed by atoms with Gasteiger partial charge in [0.2, 0.25) is 5.91 Å². The number of hydrogen-bond acceptors (Lipinski definition) is 4. The van der Waals surface area contributed by atoms with Crippen LogP contribution in [0.1, 0.15) is 22.8 Å². The predicted octanol–water partition coefficient (Wildman–Crippen LogP) is 7.12. The van der Waals surface area contributed by atoms with E-state index in [1.165, 1.54) is 42.1 Å². The molecule has 0 aliphatic heterocycles. The van der Waals surface area contributed by atoms with Crippen molar-refractivity contribution in [3.8, 4) is 0 Å². The Balaban J connectivity index is 1.43. The Labute approximate surface area is 244 Å². The summed E-state index contributed by atoms with van der Waals surface area (Å²) < 4.78 is 14.2. The van der Waals surface area contributed by atoms with Crippen LogP contribution in [0.3, 0.4) is 0 Å². The van der Waals surface area contributed by atoms with Crippen molar-refractivity contribution in [2.45, 2.75) is 17.1 Å². The number of rotatable bonds is 9. The first-order valence-corrected chi connectivity index (χ1v) is 13.9. The molecule has 3 N–H and O–H groups in total. The third-order valence-electron chi connectivity index (χ3n) is 5.64. The Hall–Kier alpha value is -4.21. The molecule has 0 aliphatic carbocycles. The van der Waals surface area contributed by atoms with Crippen LogP contribution in [0.2, 0.25) is 0 Å². The van der Waals surface area contributed by atoms with Gasteiger partial charge < -0.3 is 16.0 Å². The highest BCUT2D eigenvalue weighted by molar-refractivity contribution is 9.10. The van der Waals surface area contributed by atoms with Gasteiger partial charge in [-0.05, 0) is 95.2 Å². The standard InChI is InChI=1S/C31H25BrFN3O3S/c1-20(29(37)35-27-10-6-5-9-26(27)32)40-25-17-15-24(16-18-25)34-31(39)28(19-21-11-13-23(33)14-12-21)36-30(38)22-7-3-2-4-8-22/h2-20H,1H3,(H,34,39)(H,35,37)(H,36,38)/b28-19-. The highest BCUT2D eigenvalue weighted by Gasteiger charge is 2.17. The van der Waals surface area contributed by atoms with Crippen LogP contribution in [0.15, 0.2) is 118 Å². The molecule has 4 rings (SSSR count). The van der Waals surface area contributed by atoms with Gasteiger partial charge in [-0.15, -0.1) is 11.8 Å². The fourth-order valence-corrected chi connectivity index (χ4v) is 4.79. The molecule has 0 saturated carbocycles. The molecule has 9 heteroatoms. The van der Waals surface area contributed by atoms with E-state index in [2.05, 4.69) is 31.9 Å². The minimum Gasteiger partial charge on any atom is -0.324 e. The van der Waals surface area contributed by atoms with Crippen molar-refractivity contribution in [3.63, 3.8) is 0 Å². The number of carbonyl (C=O) groups is 3. The maximum Gasteiger partial charge on any atom is 0.272 e. The van der Waals surface area contributed by atoms with Gasteiger partial charge in [0.05, 0.1) is 10.9 Å². The van der Waals surface area contributed by atoms with Gasteiger partial charge in [-0.2, -0.15) is 0 Å². The van der Waals surface area contributed by atoms with Crippen LogP contribution in [0.4, 0.5) is 15.8 Å². The molecule has 6 nitrogen and oxygen atoms in total. The zero-order chi connectivity index (χ0) is 28.5. The molecule has 4 aromatic rings. The van der Waals surface area contributed by atoms with Crippen LogP contribution < -0.4 is 16.0 Å². The summed E-state index contributed by atoms with van der Waals surface area (Å²) in [4.78, 5) is 39.4. The molecule has 0 aromatic heterocycles. The van der Waals surface area contributed by atoms with Crippen LogP contribution >= 0.6 is 27.7 Å². The van der Waals surface area contributed by atoms with Gasteiger partial charge in [0.1, 0.15) is 11.5 Å². The highest BCUT2D eigenvalue weighted by Crippen LogP contribution is 2.27. The van der Waals surface area contributed by atoms with Crippen LogP contribution in [0.5, 0.6) is 0 Å². The third-order valence-corrected chi connectivity index (χ3v) is 7.44. The molecule has 0 saturated heterocycles. The topological polar surface area (TPSA) is 87.3 Å². The summed E-state index contributed by atoms with van der Waals surface area (Å²) in [5, 5.41) is 7.97. The average Bonchev–Trinajstić information content (AvgIpc) is 2.96. The Kier molecular flexibility index (Phi) is 9.88. The second kappa shape index (κ2) is 13.7. The van der Waals surface area contributed by atoms with E-state index in [1.54, 1.807) is 54.6 Å². The number of halogens is 2. The summed E-state index contributed by atoms with van der Waals surface area (Å²) in [7, 11) is 0. The Morgan fingerprint density at radius 1 is 0.825 bits per heavy atom. The summed E-state index contributed by atoms with van der Waals surface area (Å²) in [5.41, 5.74) is 2.12. The lowest BCUT2D eigenvalue weighted by molar-refractivity contribution is -0.115. The van der Waals surface area contributed by atoms with Gasteiger partial charge in [0, 0.05) is 20.6 Å². The molecule has 0 spiro atoms. The van der Waals surface area contributed by atoms with Crippen molar-refractivity contribution < 1.29 is 18.8 Å². The zero-order valence-corrected chi connectivity index (χ0v) is 23.8. The Morgan fingerprint density at radius 2 is 1.48 bits per heavy atom. The Morgan fingerprint density at radius 3 is 2.15 bits per heavy atom. The third kappa shape index (κ3) is 8.14. The Bertz CT molecular complexity index is 1530. The van der Waals surface area contributed by atoms with Gasteiger partial charge in [-0.3, -0.25) is 14.4 Å². The lowest BCUT2D eigenvalue weighted by Gasteiger charge is -2.14. The normalized spacial score (nSPS) is 11.8. The molecule has 0 heterocycles. The van der Waals surface area contributed by atoms with Crippen LogP contribution in [0.25, 0.3) is 6.08 Å². The molecule has 0 aliphatic rings. The zero-order valence-electron chi connectivity index (χ0n) is 21.4. The van der Waals surface area contributed by atoms with E-state index < -0.39 is 17.6 Å². The lowest BCUT2D eigenvalue weighted by atomic mass is 10.1. The fraction of sp³-hybridized carbons (Fsp3) is 0.0645. The first-order valence-electron chi connectivity index (χ1n) is 12.3. The van der Waals surface area contributed by atoms with Crippen molar-refractivity contribution in [1.82, 2.24) is 5.32 Å². The number of thioether (sulfide) groups is 1. The van der Waals surface area contributed by atoms with Crippen LogP contribution in [-0.4, -0.2) is 23.0 Å². The fourth-order valence-electron chi connectivity index (χ4n) is 3.54. The first kappa shape index (κ1) is 28.8. The largest absolute Gasteiger partial charge is 0.324 e. The number of nitrogens with one attached hydrogen (secondary N) is 3. The second-order valence-corrected chi connectivity index (χ2v) is 10.9. The molecule has 4 aromatic carbocycles. The summed E-state index contributed by atoms with van der Waals surface area (Å²) in [5.74, 6) is -1.55. The molecule has 0 bridgehead atoms. The number of anilines is 2. The van der Waals surface area contributed by atoms with Crippen molar-refractivity contribution in [2.24, 2.45) is 0 Å². The molecule has 1 unspecified atom stereocenters. The number of hydrogen-bond donors (Lipinski definition) is 3. The molecular formula is C31H25BrFN3O3S. The van der Waals surface area contributed by atoms with Crippen molar-refractivity contribution in [1.29, 1.82) is 0 Å². The monoisotopic (exact) mass is 617 g/mol. The number of amides is 3. The van der Waals surface area contributed by atoms with E-state index in [4.69, 9.17) is 0 Å². The molecule has 0 fully saturated rings. The smallest absolute Gasteiger partial charge is 0.272 e. The maximum absolute atomic E-state index is 13.4. The highest BCUT2D eigenvalue weighted by atomic mass is 79.9. The van der Waals surface area contributed by atoms with Crippen molar-refractivity contribution >= 4 is 62.9 Å². The minimum atomic E-state index is -0.546. The van der Waals surface area contributed by atoms with Gasteiger partial charge in [-0.25, -0.2) is 4.39 Å². The number of para-hydroxylation sites is 1. The number of carbonyl (C=O) groups excluding carboxylic acids is 3. The van der Waals surface area contributed by atoms with Crippen molar-refractivity contribution in [2.75, 3.05) is 10.6 Å². The van der Waals surface area contributed by atoms with Crippen molar-refractivity contribution in [3.05, 3.63) is 130 Å². The maximum atomic E-state index is 13.4. The molecule has 0 radical (unpaired) electrons. The van der Waals surface area contributed by atoms with Gasteiger partial charge >= 0.3 is 0 Å².